The molecule has 0 radical (unpaired) electrons. The first kappa shape index (κ1) is 21.0. The van der Waals surface area contributed by atoms with Crippen molar-refractivity contribution in [1.82, 2.24) is 10.6 Å². The van der Waals surface area contributed by atoms with Crippen LogP contribution in [0.25, 0.3) is 0 Å². The Kier molecular flexibility index (Phi) is 8.83. The minimum Gasteiger partial charge on any atom is -0.496 e. The van der Waals surface area contributed by atoms with Gasteiger partial charge in [-0.25, -0.2) is 0 Å². The van der Waals surface area contributed by atoms with Crippen LogP contribution in [0.2, 0.25) is 0 Å². The summed E-state index contributed by atoms with van der Waals surface area (Å²) in [5, 5.41) is 6.69. The Bertz CT molecular complexity index is 545. The predicted octanol–water partition coefficient (Wildman–Crippen LogP) is 2.76. The molecule has 0 aromatic heterocycles. The van der Waals surface area contributed by atoms with Gasteiger partial charge in [0.1, 0.15) is 5.75 Å². The Labute approximate surface area is 162 Å². The van der Waals surface area contributed by atoms with E-state index in [-0.39, 0.29) is 29.4 Å². The maximum absolute atomic E-state index is 5.38. The minimum absolute atomic E-state index is 0. The summed E-state index contributed by atoms with van der Waals surface area (Å²) >= 11 is 0. The molecule has 136 valence electrons. The zero-order valence-electron chi connectivity index (χ0n) is 15.1. The molecule has 2 rings (SSSR count). The Hall–Kier alpha value is -1.02. The molecule has 1 fully saturated rings. The lowest BCUT2D eigenvalue weighted by Crippen LogP contribution is -2.44. The van der Waals surface area contributed by atoms with Crippen molar-refractivity contribution in [3.63, 3.8) is 0 Å². The highest BCUT2D eigenvalue weighted by Gasteiger charge is 2.33. The molecule has 0 amide bonds. The number of rotatable bonds is 7. The minimum atomic E-state index is 0. The summed E-state index contributed by atoms with van der Waals surface area (Å²) in [6, 6.07) is 6.36. The summed E-state index contributed by atoms with van der Waals surface area (Å²) < 4.78 is 10.7. The van der Waals surface area contributed by atoms with Crippen LogP contribution in [0.4, 0.5) is 0 Å². The van der Waals surface area contributed by atoms with Crippen molar-refractivity contribution < 1.29 is 9.47 Å². The third-order valence-electron chi connectivity index (χ3n) is 4.04. The average Bonchev–Trinajstić information content (AvgIpc) is 2.52. The number of guanidine groups is 1. The van der Waals surface area contributed by atoms with Crippen molar-refractivity contribution in [1.29, 1.82) is 0 Å². The molecule has 1 aliphatic rings. The van der Waals surface area contributed by atoms with Gasteiger partial charge in [-0.2, -0.15) is 0 Å². The van der Waals surface area contributed by atoms with Gasteiger partial charge in [0.05, 0.1) is 26.9 Å². The summed E-state index contributed by atoms with van der Waals surface area (Å²) in [4.78, 5) is 4.68. The molecule has 1 heterocycles. The van der Waals surface area contributed by atoms with Crippen LogP contribution in [-0.4, -0.2) is 45.9 Å². The van der Waals surface area contributed by atoms with Gasteiger partial charge in [0.2, 0.25) is 0 Å². The van der Waals surface area contributed by atoms with Gasteiger partial charge >= 0.3 is 0 Å². The van der Waals surface area contributed by atoms with Crippen molar-refractivity contribution in [3.05, 3.63) is 29.3 Å². The summed E-state index contributed by atoms with van der Waals surface area (Å²) in [5.41, 5.74) is 2.62. The Balaban J connectivity index is 0.00000288. The van der Waals surface area contributed by atoms with Gasteiger partial charge < -0.3 is 20.1 Å². The number of nitrogens with one attached hydrogen (secondary N) is 2. The van der Waals surface area contributed by atoms with Crippen LogP contribution in [0, 0.1) is 12.3 Å². The molecule has 1 aromatic carbocycles. The van der Waals surface area contributed by atoms with Gasteiger partial charge in [-0.3, -0.25) is 4.99 Å². The van der Waals surface area contributed by atoms with Crippen molar-refractivity contribution in [2.75, 3.05) is 40.0 Å². The maximum Gasteiger partial charge on any atom is 0.191 e. The van der Waals surface area contributed by atoms with Crippen molar-refractivity contribution >= 4 is 29.9 Å². The average molecular weight is 447 g/mol. The van der Waals surface area contributed by atoms with Crippen LogP contribution in [-0.2, 0) is 11.2 Å². The highest BCUT2D eigenvalue weighted by atomic mass is 127. The summed E-state index contributed by atoms with van der Waals surface area (Å²) in [6.45, 7) is 10.4. The molecular formula is C18H30IN3O2. The van der Waals surface area contributed by atoms with Crippen LogP contribution in [0.5, 0.6) is 5.75 Å². The van der Waals surface area contributed by atoms with Crippen molar-refractivity contribution in [2.24, 2.45) is 10.4 Å². The SMILES string of the molecule is CCNC(=NCC1(C)COC1)NCCc1ccc(C)c(OC)c1.I. The van der Waals surface area contributed by atoms with Gasteiger partial charge in [0.25, 0.3) is 0 Å². The number of nitrogens with zero attached hydrogens (tertiary/aromatic N) is 1. The second-order valence-corrected chi connectivity index (χ2v) is 6.48. The van der Waals surface area contributed by atoms with E-state index in [1.54, 1.807) is 7.11 Å². The number of hydrogen-bond donors (Lipinski definition) is 2. The highest BCUT2D eigenvalue weighted by Crippen LogP contribution is 2.26. The first-order valence-corrected chi connectivity index (χ1v) is 8.30. The van der Waals surface area contributed by atoms with E-state index in [0.29, 0.717) is 0 Å². The molecule has 24 heavy (non-hydrogen) atoms. The lowest BCUT2D eigenvalue weighted by Gasteiger charge is -2.36. The fraction of sp³-hybridized carbons (Fsp3) is 0.611. The molecule has 0 aliphatic carbocycles. The topological polar surface area (TPSA) is 54.9 Å². The fourth-order valence-electron chi connectivity index (χ4n) is 2.50. The first-order valence-electron chi connectivity index (χ1n) is 8.30. The maximum atomic E-state index is 5.38. The van der Waals surface area contributed by atoms with Gasteiger partial charge in [-0.15, -0.1) is 24.0 Å². The summed E-state index contributed by atoms with van der Waals surface area (Å²) in [5.74, 6) is 1.82. The van der Waals surface area contributed by atoms with Gasteiger partial charge in [0, 0.05) is 18.5 Å². The quantitative estimate of drug-likeness (QED) is 0.384. The Morgan fingerprint density at radius 2 is 2.08 bits per heavy atom. The van der Waals surface area contributed by atoms with E-state index in [9.17, 15) is 0 Å². The second-order valence-electron chi connectivity index (χ2n) is 6.48. The molecule has 0 spiro atoms. The van der Waals surface area contributed by atoms with E-state index in [1.165, 1.54) is 5.56 Å². The monoisotopic (exact) mass is 447 g/mol. The number of ether oxygens (including phenoxy) is 2. The largest absolute Gasteiger partial charge is 0.496 e. The molecule has 6 heteroatoms. The third kappa shape index (κ3) is 6.12. The first-order chi connectivity index (χ1) is 11.1. The standard InChI is InChI=1S/C18H29N3O2.HI/c1-5-19-17(21-11-18(3)12-23-13-18)20-9-8-15-7-6-14(2)16(10-15)22-4;/h6-7,10H,5,8-9,11-13H2,1-4H3,(H2,19,20,21);1H. The second kappa shape index (κ2) is 10.1. The Morgan fingerprint density at radius 3 is 2.67 bits per heavy atom. The molecule has 0 atom stereocenters. The molecule has 1 aliphatic heterocycles. The predicted molar refractivity (Wildman–Crippen MR) is 110 cm³/mol. The normalized spacial score (nSPS) is 15.9. The highest BCUT2D eigenvalue weighted by molar-refractivity contribution is 14.0. The number of hydrogen-bond acceptors (Lipinski definition) is 3. The number of aliphatic imine (C=N–C) groups is 1. The van der Waals surface area contributed by atoms with Crippen LogP contribution in [0.3, 0.4) is 0 Å². The van der Waals surface area contributed by atoms with Crippen LogP contribution in [0.1, 0.15) is 25.0 Å². The van der Waals surface area contributed by atoms with E-state index in [4.69, 9.17) is 9.47 Å². The number of halogens is 1. The zero-order chi connectivity index (χ0) is 16.7. The lowest BCUT2D eigenvalue weighted by atomic mass is 9.89. The smallest absolute Gasteiger partial charge is 0.191 e. The zero-order valence-corrected chi connectivity index (χ0v) is 17.5. The van der Waals surface area contributed by atoms with Crippen LogP contribution < -0.4 is 15.4 Å². The molecule has 1 saturated heterocycles. The van der Waals surface area contributed by atoms with E-state index in [0.717, 1.165) is 56.5 Å². The molecule has 1 aromatic rings. The van der Waals surface area contributed by atoms with Crippen molar-refractivity contribution in [3.8, 4) is 5.75 Å². The molecule has 0 bridgehead atoms. The van der Waals surface area contributed by atoms with E-state index < -0.39 is 0 Å². The van der Waals surface area contributed by atoms with Crippen LogP contribution in [0.15, 0.2) is 23.2 Å². The van der Waals surface area contributed by atoms with Gasteiger partial charge in [-0.1, -0.05) is 19.1 Å². The van der Waals surface area contributed by atoms with Gasteiger partial charge in [0.15, 0.2) is 5.96 Å². The van der Waals surface area contributed by atoms with Crippen molar-refractivity contribution in [2.45, 2.75) is 27.2 Å². The molecular weight excluding hydrogens is 417 g/mol. The molecule has 2 N–H and O–H groups in total. The number of methoxy groups -OCH3 is 1. The Morgan fingerprint density at radius 1 is 1.33 bits per heavy atom. The summed E-state index contributed by atoms with van der Waals surface area (Å²) in [6.07, 6.45) is 0.932. The molecule has 5 nitrogen and oxygen atoms in total. The molecule has 0 unspecified atom stereocenters. The lowest BCUT2D eigenvalue weighted by molar-refractivity contribution is -0.0945. The third-order valence-corrected chi connectivity index (χ3v) is 4.04. The van der Waals surface area contributed by atoms with E-state index in [2.05, 4.69) is 54.6 Å². The molecule has 0 saturated carbocycles. The number of benzene rings is 1. The number of aryl methyl sites for hydroxylation is 1. The van der Waals surface area contributed by atoms with E-state index in [1.807, 2.05) is 0 Å². The fourth-order valence-corrected chi connectivity index (χ4v) is 2.50. The van der Waals surface area contributed by atoms with Gasteiger partial charge in [-0.05, 0) is 37.5 Å². The van der Waals surface area contributed by atoms with Crippen LogP contribution >= 0.6 is 24.0 Å². The summed E-state index contributed by atoms with van der Waals surface area (Å²) in [7, 11) is 1.71. The van der Waals surface area contributed by atoms with E-state index >= 15 is 0 Å².